The van der Waals surface area contributed by atoms with Gasteiger partial charge < -0.3 is 9.88 Å². The zero-order valence-electron chi connectivity index (χ0n) is 12.6. The van der Waals surface area contributed by atoms with Crippen LogP contribution in [0.15, 0.2) is 27.8 Å². The molecular formula is C16H21N3O2. The minimum atomic E-state index is -0.284. The van der Waals surface area contributed by atoms with E-state index in [-0.39, 0.29) is 17.3 Å². The van der Waals surface area contributed by atoms with E-state index in [1.54, 1.807) is 6.07 Å². The summed E-state index contributed by atoms with van der Waals surface area (Å²) in [6.07, 6.45) is 1.71. The lowest BCUT2D eigenvalue weighted by atomic mass is 10.0. The van der Waals surface area contributed by atoms with Crippen LogP contribution in [0.3, 0.4) is 0 Å². The van der Waals surface area contributed by atoms with Crippen LogP contribution < -0.4 is 11.2 Å². The number of benzene rings is 1. The number of hydrogen-bond acceptors (Lipinski definition) is 3. The Hall–Kier alpha value is -1.88. The van der Waals surface area contributed by atoms with Gasteiger partial charge in [0, 0.05) is 19.1 Å². The smallest absolute Gasteiger partial charge is 0.307 e. The van der Waals surface area contributed by atoms with Crippen LogP contribution in [0.4, 0.5) is 0 Å². The average Bonchev–Trinajstić information content (AvgIpc) is 2.47. The van der Waals surface area contributed by atoms with Crippen molar-refractivity contribution >= 4 is 10.9 Å². The van der Waals surface area contributed by atoms with Gasteiger partial charge in [-0.05, 0) is 37.9 Å². The largest absolute Gasteiger partial charge is 0.329 e. The molecule has 2 aromatic rings. The fourth-order valence-corrected chi connectivity index (χ4v) is 3.27. The van der Waals surface area contributed by atoms with Crippen LogP contribution in [-0.4, -0.2) is 34.1 Å². The number of piperidine rings is 1. The van der Waals surface area contributed by atoms with E-state index in [0.717, 1.165) is 38.0 Å². The molecule has 1 aromatic carbocycles. The lowest BCUT2D eigenvalue weighted by Gasteiger charge is -2.31. The zero-order chi connectivity index (χ0) is 15.0. The van der Waals surface area contributed by atoms with E-state index < -0.39 is 0 Å². The Labute approximate surface area is 123 Å². The van der Waals surface area contributed by atoms with Gasteiger partial charge in [-0.3, -0.25) is 9.36 Å². The Morgan fingerprint density at radius 1 is 1.24 bits per heavy atom. The monoisotopic (exact) mass is 287 g/mol. The highest BCUT2D eigenvalue weighted by molar-refractivity contribution is 5.80. The molecule has 0 saturated carbocycles. The summed E-state index contributed by atoms with van der Waals surface area (Å²) in [6, 6.07) is 5.56. The predicted molar refractivity (Wildman–Crippen MR) is 84.0 cm³/mol. The molecule has 0 bridgehead atoms. The molecule has 21 heavy (non-hydrogen) atoms. The third-order valence-electron chi connectivity index (χ3n) is 4.54. The first-order valence-electron chi connectivity index (χ1n) is 7.58. The van der Waals surface area contributed by atoms with Gasteiger partial charge in [-0.1, -0.05) is 19.1 Å². The summed E-state index contributed by atoms with van der Waals surface area (Å²) in [6.45, 7) is 6.96. The Balaban J connectivity index is 2.09. The Kier molecular flexibility index (Phi) is 3.68. The summed E-state index contributed by atoms with van der Waals surface area (Å²) < 4.78 is 1.43. The first-order chi connectivity index (χ1) is 10.1. The van der Waals surface area contributed by atoms with Crippen molar-refractivity contribution in [2.45, 2.75) is 32.7 Å². The summed E-state index contributed by atoms with van der Waals surface area (Å²) in [5, 5.41) is 0.634. The molecule has 0 unspecified atom stereocenters. The maximum absolute atomic E-state index is 12.7. The molecule has 1 aromatic heterocycles. The van der Waals surface area contributed by atoms with E-state index in [2.05, 4.69) is 16.8 Å². The van der Waals surface area contributed by atoms with Crippen LogP contribution in [0.2, 0.25) is 0 Å². The molecule has 0 amide bonds. The summed E-state index contributed by atoms with van der Waals surface area (Å²) in [5.41, 5.74) is 1.11. The molecule has 5 heteroatoms. The molecule has 0 aliphatic carbocycles. The lowest BCUT2D eigenvalue weighted by molar-refractivity contribution is 0.190. The van der Waals surface area contributed by atoms with Gasteiger partial charge in [0.15, 0.2) is 0 Å². The Morgan fingerprint density at radius 3 is 2.62 bits per heavy atom. The highest BCUT2D eigenvalue weighted by atomic mass is 16.2. The van der Waals surface area contributed by atoms with Crippen molar-refractivity contribution in [3.8, 4) is 0 Å². The summed E-state index contributed by atoms with van der Waals surface area (Å²) in [5.74, 6) is 0. The molecule has 1 aliphatic heterocycles. The van der Waals surface area contributed by atoms with Crippen molar-refractivity contribution in [1.82, 2.24) is 14.5 Å². The van der Waals surface area contributed by atoms with E-state index >= 15 is 0 Å². The number of aromatic amines is 1. The maximum Gasteiger partial charge on any atom is 0.329 e. The second-order valence-corrected chi connectivity index (χ2v) is 5.77. The lowest BCUT2D eigenvalue weighted by Crippen LogP contribution is -2.43. The minimum Gasteiger partial charge on any atom is -0.307 e. The Bertz CT molecular complexity index is 767. The van der Waals surface area contributed by atoms with Gasteiger partial charge in [0.25, 0.3) is 5.56 Å². The van der Waals surface area contributed by atoms with Crippen molar-refractivity contribution in [1.29, 1.82) is 0 Å². The SMILES string of the molecule is CCN1CCC(n2c(=O)[nH]c3cccc(C)c3c2=O)CC1. The number of rotatable bonds is 2. The van der Waals surface area contributed by atoms with E-state index in [0.29, 0.717) is 10.9 Å². The maximum atomic E-state index is 12.7. The number of aromatic nitrogens is 2. The summed E-state index contributed by atoms with van der Waals surface area (Å²) in [4.78, 5) is 30.3. The quantitative estimate of drug-likeness (QED) is 0.914. The van der Waals surface area contributed by atoms with Crippen LogP contribution in [0, 0.1) is 6.92 Å². The third kappa shape index (κ3) is 2.42. The summed E-state index contributed by atoms with van der Waals surface area (Å²) in [7, 11) is 0. The van der Waals surface area contributed by atoms with Gasteiger partial charge >= 0.3 is 5.69 Å². The van der Waals surface area contributed by atoms with Crippen molar-refractivity contribution in [2.24, 2.45) is 0 Å². The van der Waals surface area contributed by atoms with Crippen LogP contribution in [0.5, 0.6) is 0 Å². The standard InChI is InChI=1S/C16H21N3O2/c1-3-18-9-7-12(8-10-18)19-15(20)14-11(2)5-4-6-13(14)17-16(19)21/h4-6,12H,3,7-10H2,1-2H3,(H,17,21). The fraction of sp³-hybridized carbons (Fsp3) is 0.500. The number of nitrogens with zero attached hydrogens (tertiary/aromatic N) is 2. The molecule has 0 atom stereocenters. The minimum absolute atomic E-state index is 0.00746. The van der Waals surface area contributed by atoms with E-state index in [1.807, 2.05) is 19.1 Å². The molecule has 1 saturated heterocycles. The molecule has 1 fully saturated rings. The van der Waals surface area contributed by atoms with Gasteiger partial charge in [-0.15, -0.1) is 0 Å². The summed E-state index contributed by atoms with van der Waals surface area (Å²) >= 11 is 0. The highest BCUT2D eigenvalue weighted by Gasteiger charge is 2.23. The third-order valence-corrected chi connectivity index (χ3v) is 4.54. The normalized spacial score (nSPS) is 17.4. The topological polar surface area (TPSA) is 58.1 Å². The highest BCUT2D eigenvalue weighted by Crippen LogP contribution is 2.20. The Morgan fingerprint density at radius 2 is 1.95 bits per heavy atom. The van der Waals surface area contributed by atoms with E-state index in [4.69, 9.17) is 0 Å². The van der Waals surface area contributed by atoms with Gasteiger partial charge in [0.05, 0.1) is 10.9 Å². The molecule has 0 radical (unpaired) electrons. The van der Waals surface area contributed by atoms with Crippen LogP contribution in [0.1, 0.15) is 31.4 Å². The van der Waals surface area contributed by atoms with E-state index in [1.165, 1.54) is 4.57 Å². The first-order valence-corrected chi connectivity index (χ1v) is 7.58. The van der Waals surface area contributed by atoms with Crippen LogP contribution >= 0.6 is 0 Å². The second-order valence-electron chi connectivity index (χ2n) is 5.77. The van der Waals surface area contributed by atoms with Crippen LogP contribution in [0.25, 0.3) is 10.9 Å². The molecule has 2 heterocycles. The molecule has 1 N–H and O–H groups in total. The van der Waals surface area contributed by atoms with Gasteiger partial charge in [-0.25, -0.2) is 4.79 Å². The van der Waals surface area contributed by atoms with Gasteiger partial charge in [0.1, 0.15) is 0 Å². The first kappa shape index (κ1) is 14.1. The van der Waals surface area contributed by atoms with Crippen molar-refractivity contribution < 1.29 is 0 Å². The number of H-pyrrole nitrogens is 1. The van der Waals surface area contributed by atoms with Crippen molar-refractivity contribution in [2.75, 3.05) is 19.6 Å². The van der Waals surface area contributed by atoms with Crippen LogP contribution in [-0.2, 0) is 0 Å². The molecule has 3 rings (SSSR count). The second kappa shape index (κ2) is 5.48. The number of likely N-dealkylation sites (tertiary alicyclic amines) is 1. The van der Waals surface area contributed by atoms with Crippen molar-refractivity contribution in [3.05, 3.63) is 44.6 Å². The number of fused-ring (bicyclic) bond motifs is 1. The molecule has 0 spiro atoms. The number of nitrogens with one attached hydrogen (secondary N) is 1. The zero-order valence-corrected chi connectivity index (χ0v) is 12.6. The van der Waals surface area contributed by atoms with Gasteiger partial charge in [-0.2, -0.15) is 0 Å². The fourth-order valence-electron chi connectivity index (χ4n) is 3.27. The molecule has 112 valence electrons. The number of aryl methyl sites for hydroxylation is 1. The average molecular weight is 287 g/mol. The van der Waals surface area contributed by atoms with Crippen molar-refractivity contribution in [3.63, 3.8) is 0 Å². The molecule has 5 nitrogen and oxygen atoms in total. The molecular weight excluding hydrogens is 266 g/mol. The predicted octanol–water partition coefficient (Wildman–Crippen LogP) is 1.66. The van der Waals surface area contributed by atoms with Gasteiger partial charge in [0.2, 0.25) is 0 Å². The van der Waals surface area contributed by atoms with E-state index in [9.17, 15) is 9.59 Å². The molecule has 1 aliphatic rings. The number of hydrogen-bond donors (Lipinski definition) is 1.